The molecule has 1 saturated carbocycles. The lowest BCUT2D eigenvalue weighted by Crippen LogP contribution is -2.50. The summed E-state index contributed by atoms with van der Waals surface area (Å²) in [6.45, 7) is 9.87. The van der Waals surface area contributed by atoms with Crippen molar-refractivity contribution in [3.63, 3.8) is 0 Å². The summed E-state index contributed by atoms with van der Waals surface area (Å²) in [7, 11) is 0. The number of hydrogen-bond acceptors (Lipinski definition) is 6. The molecule has 3 fully saturated rings. The maximum Gasteiger partial charge on any atom is 0.410 e. The van der Waals surface area contributed by atoms with Crippen LogP contribution in [-0.4, -0.2) is 89.2 Å². The Labute approximate surface area is 207 Å². The number of benzene rings is 1. The predicted octanol–water partition coefficient (Wildman–Crippen LogP) is 3.39. The third kappa shape index (κ3) is 6.68. The Morgan fingerprint density at radius 1 is 1.11 bits per heavy atom. The summed E-state index contributed by atoms with van der Waals surface area (Å²) in [5, 5.41) is 10.7. The second-order valence-corrected chi connectivity index (χ2v) is 10.9. The summed E-state index contributed by atoms with van der Waals surface area (Å²) in [5.74, 6) is -0.254. The van der Waals surface area contributed by atoms with Gasteiger partial charge in [0.05, 0.1) is 12.1 Å². The number of carbonyl (C=O) groups excluding carboxylic acids is 2. The summed E-state index contributed by atoms with van der Waals surface area (Å²) in [6, 6.07) is 5.93. The molecule has 0 aromatic heterocycles. The molecule has 1 aliphatic carbocycles. The first kappa shape index (κ1) is 25.8. The molecule has 2 unspecified atom stereocenters. The minimum absolute atomic E-state index is 0.0140. The van der Waals surface area contributed by atoms with E-state index in [9.17, 15) is 19.1 Å². The highest BCUT2D eigenvalue weighted by Gasteiger charge is 2.41. The molecule has 4 rings (SSSR count). The molecule has 3 aliphatic rings. The fourth-order valence-corrected chi connectivity index (χ4v) is 4.82. The number of aliphatic hydroxyl groups excluding tert-OH is 1. The van der Waals surface area contributed by atoms with Gasteiger partial charge in [-0.15, -0.1) is 0 Å². The van der Waals surface area contributed by atoms with E-state index in [1.165, 1.54) is 6.07 Å². The van der Waals surface area contributed by atoms with Gasteiger partial charge in [0, 0.05) is 57.3 Å². The largest absolute Gasteiger partial charge is 0.444 e. The molecular weight excluding hydrogens is 449 g/mol. The Morgan fingerprint density at radius 2 is 1.80 bits per heavy atom. The maximum absolute atomic E-state index is 14.7. The van der Waals surface area contributed by atoms with E-state index in [0.717, 1.165) is 31.5 Å². The van der Waals surface area contributed by atoms with E-state index < -0.39 is 17.7 Å². The molecule has 2 saturated heterocycles. The standard InChI is InChI=1S/C27H38FN3O4/c1-27(2,3)35-26(34)30-16-14-29(15-17-30)12-10-20-18-31(13-11-23(20)32)24(25(33)19-8-9-19)21-6-4-5-7-22(21)28/h4-7,10,19,23-24,32H,8-9,11-18H2,1-3H3. The number of piperazine rings is 1. The maximum atomic E-state index is 14.7. The summed E-state index contributed by atoms with van der Waals surface area (Å²) in [6.07, 6.45) is 3.46. The molecule has 1 N–H and O–H groups in total. The molecule has 0 radical (unpaired) electrons. The number of ketones is 1. The summed E-state index contributed by atoms with van der Waals surface area (Å²) < 4.78 is 20.2. The number of Topliss-reactive ketones (excluding diaryl/α,β-unsaturated/α-hetero) is 1. The molecule has 1 aromatic carbocycles. The van der Waals surface area contributed by atoms with Crippen LogP contribution in [-0.2, 0) is 9.53 Å². The van der Waals surface area contributed by atoms with Gasteiger partial charge in [0.25, 0.3) is 0 Å². The summed E-state index contributed by atoms with van der Waals surface area (Å²) in [5.41, 5.74) is 0.789. The van der Waals surface area contributed by atoms with Crippen molar-refractivity contribution in [1.82, 2.24) is 14.7 Å². The van der Waals surface area contributed by atoms with Crippen LogP contribution in [0, 0.1) is 11.7 Å². The molecule has 192 valence electrons. The van der Waals surface area contributed by atoms with Crippen LogP contribution < -0.4 is 0 Å². The highest BCUT2D eigenvalue weighted by atomic mass is 19.1. The number of aliphatic hydroxyl groups is 1. The van der Waals surface area contributed by atoms with Gasteiger partial charge in [-0.2, -0.15) is 0 Å². The molecule has 35 heavy (non-hydrogen) atoms. The van der Waals surface area contributed by atoms with Crippen LogP contribution in [0.15, 0.2) is 35.9 Å². The average molecular weight is 488 g/mol. The van der Waals surface area contributed by atoms with Crippen molar-refractivity contribution in [2.45, 2.75) is 57.8 Å². The minimum Gasteiger partial charge on any atom is -0.444 e. The predicted molar refractivity (Wildman–Crippen MR) is 131 cm³/mol. The van der Waals surface area contributed by atoms with Gasteiger partial charge in [-0.3, -0.25) is 14.6 Å². The van der Waals surface area contributed by atoms with E-state index in [2.05, 4.69) is 4.90 Å². The van der Waals surface area contributed by atoms with Crippen molar-refractivity contribution in [2.24, 2.45) is 5.92 Å². The molecule has 1 amide bonds. The van der Waals surface area contributed by atoms with Gasteiger partial charge in [0.1, 0.15) is 11.4 Å². The first-order chi connectivity index (χ1) is 16.6. The Hall–Kier alpha value is -2.29. The van der Waals surface area contributed by atoms with Crippen LogP contribution in [0.2, 0.25) is 0 Å². The minimum atomic E-state index is -0.614. The van der Waals surface area contributed by atoms with Gasteiger partial charge >= 0.3 is 6.09 Å². The zero-order valence-electron chi connectivity index (χ0n) is 21.1. The van der Waals surface area contributed by atoms with Crippen molar-refractivity contribution in [3.05, 3.63) is 47.3 Å². The SMILES string of the molecule is CC(C)(C)OC(=O)N1CCN(CC=C2CN(C(C(=O)C3CC3)c3ccccc3F)CCC2O)CC1. The Kier molecular flexibility index (Phi) is 7.93. The Morgan fingerprint density at radius 3 is 2.43 bits per heavy atom. The number of likely N-dealkylation sites (tertiary alicyclic amines) is 1. The van der Waals surface area contributed by atoms with Gasteiger partial charge < -0.3 is 14.7 Å². The van der Waals surface area contributed by atoms with E-state index in [-0.39, 0.29) is 23.6 Å². The van der Waals surface area contributed by atoms with Crippen LogP contribution in [0.3, 0.4) is 0 Å². The number of nitrogens with zero attached hydrogens (tertiary/aromatic N) is 3. The van der Waals surface area contributed by atoms with Crippen molar-refractivity contribution in [3.8, 4) is 0 Å². The van der Waals surface area contributed by atoms with E-state index in [4.69, 9.17) is 4.74 Å². The van der Waals surface area contributed by atoms with Crippen molar-refractivity contribution in [1.29, 1.82) is 0 Å². The fraction of sp³-hybridized carbons (Fsp3) is 0.630. The van der Waals surface area contributed by atoms with Crippen LogP contribution in [0.1, 0.15) is 51.6 Å². The van der Waals surface area contributed by atoms with E-state index in [0.29, 0.717) is 44.7 Å². The van der Waals surface area contributed by atoms with E-state index in [1.807, 2.05) is 31.7 Å². The van der Waals surface area contributed by atoms with Gasteiger partial charge in [-0.1, -0.05) is 24.3 Å². The number of rotatable bonds is 6. The second-order valence-electron chi connectivity index (χ2n) is 10.9. The molecule has 2 atom stereocenters. The van der Waals surface area contributed by atoms with Gasteiger partial charge in [-0.25, -0.2) is 9.18 Å². The molecule has 7 nitrogen and oxygen atoms in total. The summed E-state index contributed by atoms with van der Waals surface area (Å²) in [4.78, 5) is 31.5. The summed E-state index contributed by atoms with van der Waals surface area (Å²) >= 11 is 0. The fourth-order valence-electron chi connectivity index (χ4n) is 4.82. The number of amides is 1. The zero-order valence-corrected chi connectivity index (χ0v) is 21.1. The van der Waals surface area contributed by atoms with Crippen molar-refractivity contribution in [2.75, 3.05) is 45.8 Å². The highest BCUT2D eigenvalue weighted by molar-refractivity contribution is 5.89. The van der Waals surface area contributed by atoms with Crippen LogP contribution >= 0.6 is 0 Å². The Balaban J connectivity index is 1.39. The molecule has 1 aromatic rings. The third-order valence-corrected chi connectivity index (χ3v) is 6.95. The molecule has 0 spiro atoms. The Bertz CT molecular complexity index is 948. The first-order valence-electron chi connectivity index (χ1n) is 12.7. The van der Waals surface area contributed by atoms with Gasteiger partial charge in [-0.05, 0) is 51.7 Å². The van der Waals surface area contributed by atoms with E-state index >= 15 is 0 Å². The normalized spacial score (nSPS) is 24.4. The number of halogens is 1. The third-order valence-electron chi connectivity index (χ3n) is 6.95. The smallest absolute Gasteiger partial charge is 0.410 e. The second kappa shape index (κ2) is 10.8. The van der Waals surface area contributed by atoms with Crippen LogP contribution in [0.25, 0.3) is 0 Å². The molecule has 2 aliphatic heterocycles. The molecular formula is C27H38FN3O4. The average Bonchev–Trinajstić information content (AvgIpc) is 3.65. The monoisotopic (exact) mass is 487 g/mol. The van der Waals surface area contributed by atoms with Crippen molar-refractivity contribution < 1.29 is 23.8 Å². The van der Waals surface area contributed by atoms with Gasteiger partial charge in [0.15, 0.2) is 5.78 Å². The quantitative estimate of drug-likeness (QED) is 0.620. The highest BCUT2D eigenvalue weighted by Crippen LogP contribution is 2.39. The van der Waals surface area contributed by atoms with Gasteiger partial charge in [0.2, 0.25) is 0 Å². The lowest BCUT2D eigenvalue weighted by Gasteiger charge is -2.38. The van der Waals surface area contributed by atoms with Crippen LogP contribution in [0.5, 0.6) is 0 Å². The molecule has 2 heterocycles. The zero-order chi connectivity index (χ0) is 25.2. The number of hydrogen-bond donors (Lipinski definition) is 1. The van der Waals surface area contributed by atoms with E-state index in [1.54, 1.807) is 23.1 Å². The number of carbonyl (C=O) groups is 2. The lowest BCUT2D eigenvalue weighted by atomic mass is 9.92. The first-order valence-corrected chi connectivity index (χ1v) is 12.7. The number of ether oxygens (including phenoxy) is 1. The molecule has 0 bridgehead atoms. The number of piperidine rings is 1. The topological polar surface area (TPSA) is 73.3 Å². The molecule has 8 heteroatoms. The lowest BCUT2D eigenvalue weighted by molar-refractivity contribution is -0.126. The van der Waals surface area contributed by atoms with Crippen LogP contribution in [0.4, 0.5) is 9.18 Å². The van der Waals surface area contributed by atoms with Crippen molar-refractivity contribution >= 4 is 11.9 Å².